The fraction of sp³-hybridized carbons (Fsp3) is 0.700. The van der Waals surface area contributed by atoms with Crippen molar-refractivity contribution in [2.24, 2.45) is 0 Å². The van der Waals surface area contributed by atoms with Gasteiger partial charge in [0, 0.05) is 36.9 Å². The molecule has 0 amide bonds. The quantitative estimate of drug-likeness (QED) is 0.729. The number of halogens is 1. The first-order valence-electron chi connectivity index (χ1n) is 5.01. The second-order valence-electron chi connectivity index (χ2n) is 3.59. The van der Waals surface area contributed by atoms with Gasteiger partial charge in [0.15, 0.2) is 0 Å². The highest BCUT2D eigenvalue weighted by molar-refractivity contribution is 9.09. The zero-order valence-electron chi connectivity index (χ0n) is 8.86. The first-order chi connectivity index (χ1) is 6.74. The summed E-state index contributed by atoms with van der Waals surface area (Å²) in [6.07, 6.45) is 3.83. The summed E-state index contributed by atoms with van der Waals surface area (Å²) in [5.41, 5.74) is 0. The van der Waals surface area contributed by atoms with Crippen LogP contribution in [-0.4, -0.2) is 39.1 Å². The lowest BCUT2D eigenvalue weighted by atomic mass is 10.3. The van der Waals surface area contributed by atoms with Gasteiger partial charge in [0.2, 0.25) is 0 Å². The SMILES string of the molecule is CC(C)N(CCBr)CCn1cccn1. The maximum absolute atomic E-state index is 4.19. The van der Waals surface area contributed by atoms with Gasteiger partial charge in [-0.25, -0.2) is 0 Å². The van der Waals surface area contributed by atoms with Crippen molar-refractivity contribution >= 4 is 15.9 Å². The Bertz CT molecular complexity index is 234. The van der Waals surface area contributed by atoms with Crippen LogP contribution in [0.2, 0.25) is 0 Å². The van der Waals surface area contributed by atoms with E-state index in [4.69, 9.17) is 0 Å². The molecule has 0 aliphatic carbocycles. The number of aromatic nitrogens is 2. The van der Waals surface area contributed by atoms with Crippen molar-refractivity contribution in [2.75, 3.05) is 18.4 Å². The van der Waals surface area contributed by atoms with Gasteiger partial charge in [-0.05, 0) is 19.9 Å². The molecule has 0 aliphatic heterocycles. The van der Waals surface area contributed by atoms with Gasteiger partial charge in [0.05, 0.1) is 6.54 Å². The molecule has 0 unspecified atom stereocenters. The van der Waals surface area contributed by atoms with Gasteiger partial charge in [-0.15, -0.1) is 0 Å². The summed E-state index contributed by atoms with van der Waals surface area (Å²) in [4.78, 5) is 2.44. The lowest BCUT2D eigenvalue weighted by Crippen LogP contribution is -2.35. The molecule has 1 aromatic rings. The smallest absolute Gasteiger partial charge is 0.0536 e. The maximum Gasteiger partial charge on any atom is 0.0536 e. The molecular formula is C10H18BrN3. The third kappa shape index (κ3) is 3.80. The van der Waals surface area contributed by atoms with Crippen LogP contribution in [0.25, 0.3) is 0 Å². The fourth-order valence-electron chi connectivity index (χ4n) is 1.40. The second kappa shape index (κ2) is 6.19. The molecule has 0 atom stereocenters. The largest absolute Gasteiger partial charge is 0.298 e. The van der Waals surface area contributed by atoms with Crippen molar-refractivity contribution in [1.82, 2.24) is 14.7 Å². The first kappa shape index (κ1) is 11.7. The lowest BCUT2D eigenvalue weighted by Gasteiger charge is -2.25. The number of nitrogens with zero attached hydrogens (tertiary/aromatic N) is 3. The molecule has 1 aromatic heterocycles. The summed E-state index contributed by atoms with van der Waals surface area (Å²) in [6.45, 7) is 7.58. The van der Waals surface area contributed by atoms with Crippen LogP contribution < -0.4 is 0 Å². The Morgan fingerprint density at radius 3 is 2.71 bits per heavy atom. The van der Waals surface area contributed by atoms with E-state index < -0.39 is 0 Å². The first-order valence-corrected chi connectivity index (χ1v) is 6.13. The molecule has 0 aliphatic rings. The molecule has 0 radical (unpaired) electrons. The molecule has 0 bridgehead atoms. The van der Waals surface area contributed by atoms with Gasteiger partial charge in [-0.1, -0.05) is 15.9 Å². The van der Waals surface area contributed by atoms with Crippen LogP contribution >= 0.6 is 15.9 Å². The molecule has 1 rings (SSSR count). The average molecular weight is 260 g/mol. The third-order valence-corrected chi connectivity index (χ3v) is 2.63. The summed E-state index contributed by atoms with van der Waals surface area (Å²) in [5.74, 6) is 0. The molecule has 0 spiro atoms. The van der Waals surface area contributed by atoms with Crippen LogP contribution in [0.15, 0.2) is 18.5 Å². The number of alkyl halides is 1. The molecule has 0 aromatic carbocycles. The summed E-state index contributed by atoms with van der Waals surface area (Å²) in [6, 6.07) is 2.56. The second-order valence-corrected chi connectivity index (χ2v) is 4.38. The van der Waals surface area contributed by atoms with E-state index in [2.05, 4.69) is 39.8 Å². The van der Waals surface area contributed by atoms with E-state index in [-0.39, 0.29) is 0 Å². The molecule has 14 heavy (non-hydrogen) atoms. The Labute approximate surface area is 94.2 Å². The van der Waals surface area contributed by atoms with Crippen molar-refractivity contribution in [3.05, 3.63) is 18.5 Å². The van der Waals surface area contributed by atoms with Crippen LogP contribution in [-0.2, 0) is 6.54 Å². The molecule has 1 heterocycles. The maximum atomic E-state index is 4.19. The minimum Gasteiger partial charge on any atom is -0.298 e. The molecule has 3 nitrogen and oxygen atoms in total. The minimum atomic E-state index is 0.600. The van der Waals surface area contributed by atoms with Gasteiger partial charge in [0.1, 0.15) is 0 Å². The predicted octanol–water partition coefficient (Wildman–Crippen LogP) is 1.99. The summed E-state index contributed by atoms with van der Waals surface area (Å²) >= 11 is 3.47. The molecule has 0 saturated carbocycles. The summed E-state index contributed by atoms with van der Waals surface area (Å²) < 4.78 is 1.98. The van der Waals surface area contributed by atoms with E-state index in [1.54, 1.807) is 0 Å². The zero-order chi connectivity index (χ0) is 10.4. The number of hydrogen-bond donors (Lipinski definition) is 0. The van der Waals surface area contributed by atoms with Gasteiger partial charge < -0.3 is 0 Å². The molecular weight excluding hydrogens is 242 g/mol. The predicted molar refractivity (Wildman–Crippen MR) is 62.7 cm³/mol. The monoisotopic (exact) mass is 259 g/mol. The zero-order valence-corrected chi connectivity index (χ0v) is 10.4. The Balaban J connectivity index is 2.33. The standard InChI is InChI=1S/C10H18BrN3/c1-10(2)13(7-4-11)8-9-14-6-3-5-12-14/h3,5-6,10H,4,7-9H2,1-2H3. The Hall–Kier alpha value is -0.350. The van der Waals surface area contributed by atoms with E-state index in [1.807, 2.05) is 23.1 Å². The summed E-state index contributed by atoms with van der Waals surface area (Å²) in [7, 11) is 0. The fourth-order valence-corrected chi connectivity index (χ4v) is 1.86. The van der Waals surface area contributed by atoms with Crippen molar-refractivity contribution in [2.45, 2.75) is 26.4 Å². The summed E-state index contributed by atoms with van der Waals surface area (Å²) in [5, 5.41) is 5.22. The molecule has 0 N–H and O–H groups in total. The highest BCUT2D eigenvalue weighted by atomic mass is 79.9. The van der Waals surface area contributed by atoms with Crippen LogP contribution in [0.1, 0.15) is 13.8 Å². The molecule has 0 fully saturated rings. The van der Waals surface area contributed by atoms with E-state index in [0.717, 1.165) is 25.0 Å². The van der Waals surface area contributed by atoms with E-state index >= 15 is 0 Å². The van der Waals surface area contributed by atoms with Crippen molar-refractivity contribution in [3.8, 4) is 0 Å². The highest BCUT2D eigenvalue weighted by Gasteiger charge is 2.07. The number of hydrogen-bond acceptors (Lipinski definition) is 2. The van der Waals surface area contributed by atoms with E-state index in [9.17, 15) is 0 Å². The molecule has 4 heteroatoms. The van der Waals surface area contributed by atoms with E-state index in [0.29, 0.717) is 6.04 Å². The van der Waals surface area contributed by atoms with Gasteiger partial charge in [-0.2, -0.15) is 5.10 Å². The van der Waals surface area contributed by atoms with Gasteiger partial charge in [0.25, 0.3) is 0 Å². The topological polar surface area (TPSA) is 21.1 Å². The van der Waals surface area contributed by atoms with Crippen LogP contribution in [0.5, 0.6) is 0 Å². The Morgan fingerprint density at radius 2 is 2.21 bits per heavy atom. The lowest BCUT2D eigenvalue weighted by molar-refractivity contribution is 0.224. The van der Waals surface area contributed by atoms with Crippen LogP contribution in [0, 0.1) is 0 Å². The molecule has 80 valence electrons. The third-order valence-electron chi connectivity index (χ3n) is 2.28. The molecule has 0 saturated heterocycles. The Kier molecular flexibility index (Phi) is 5.19. The normalized spacial score (nSPS) is 11.5. The Morgan fingerprint density at radius 1 is 1.43 bits per heavy atom. The van der Waals surface area contributed by atoms with Crippen molar-refractivity contribution < 1.29 is 0 Å². The van der Waals surface area contributed by atoms with Crippen molar-refractivity contribution in [3.63, 3.8) is 0 Å². The van der Waals surface area contributed by atoms with E-state index in [1.165, 1.54) is 0 Å². The van der Waals surface area contributed by atoms with Gasteiger partial charge >= 0.3 is 0 Å². The number of rotatable bonds is 6. The highest BCUT2D eigenvalue weighted by Crippen LogP contribution is 2.00. The van der Waals surface area contributed by atoms with Crippen LogP contribution in [0.4, 0.5) is 0 Å². The van der Waals surface area contributed by atoms with Gasteiger partial charge in [-0.3, -0.25) is 9.58 Å². The minimum absolute atomic E-state index is 0.600. The average Bonchev–Trinajstić information content (AvgIpc) is 2.64. The van der Waals surface area contributed by atoms with Crippen LogP contribution in [0.3, 0.4) is 0 Å². The van der Waals surface area contributed by atoms with Crippen molar-refractivity contribution in [1.29, 1.82) is 0 Å².